The van der Waals surface area contributed by atoms with Gasteiger partial charge in [0, 0.05) is 5.69 Å². The molecule has 174 valence electrons. The first-order valence-electron chi connectivity index (χ1n) is 10.5. The third kappa shape index (κ3) is 4.80. The lowest BCUT2D eigenvalue weighted by Gasteiger charge is -2.29. The van der Waals surface area contributed by atoms with Crippen LogP contribution in [0.1, 0.15) is 29.0 Å². The first kappa shape index (κ1) is 22.7. The minimum atomic E-state index is -0.785. The maximum absolute atomic E-state index is 13.3. The summed E-state index contributed by atoms with van der Waals surface area (Å²) >= 11 is 0. The molecule has 2 heterocycles. The molecule has 0 saturated heterocycles. The van der Waals surface area contributed by atoms with Crippen molar-refractivity contribution < 1.29 is 28.2 Å². The second kappa shape index (κ2) is 9.99. The van der Waals surface area contributed by atoms with Gasteiger partial charge in [-0.05, 0) is 36.8 Å². The number of ether oxygens (including phenoxy) is 2. The van der Waals surface area contributed by atoms with Crippen molar-refractivity contribution in [2.24, 2.45) is 0 Å². The fourth-order valence-corrected chi connectivity index (χ4v) is 3.54. The van der Waals surface area contributed by atoms with Gasteiger partial charge in [0.05, 0.1) is 36.4 Å². The van der Waals surface area contributed by atoms with Crippen LogP contribution in [-0.2, 0) is 14.3 Å². The Kier molecular flexibility index (Phi) is 6.67. The summed E-state index contributed by atoms with van der Waals surface area (Å²) in [6.07, 6.45) is 2.70. The highest BCUT2D eigenvalue weighted by Crippen LogP contribution is 2.28. The van der Waals surface area contributed by atoms with Crippen molar-refractivity contribution in [1.29, 1.82) is 0 Å². The van der Waals surface area contributed by atoms with Crippen molar-refractivity contribution in [2.45, 2.75) is 13.0 Å². The lowest BCUT2D eigenvalue weighted by Crippen LogP contribution is -2.47. The number of imidazole rings is 1. The van der Waals surface area contributed by atoms with Crippen molar-refractivity contribution in [3.05, 3.63) is 95.5 Å². The molecule has 2 aromatic carbocycles. The smallest absolute Gasteiger partial charge is 0.357 e. The fraction of sp³-hybridized carbons (Fsp3) is 0.167. The quantitative estimate of drug-likeness (QED) is 0.520. The number of carbonyl (C=O) groups is 3. The molecule has 0 aliphatic carbocycles. The Morgan fingerprint density at radius 1 is 1.06 bits per heavy atom. The number of carbonyl (C=O) groups excluding carboxylic acids is 3. The van der Waals surface area contributed by atoms with Crippen LogP contribution in [-0.4, -0.2) is 40.7 Å². The summed E-state index contributed by atoms with van der Waals surface area (Å²) in [6, 6.07) is 13.1. The molecule has 1 aliphatic heterocycles. The van der Waals surface area contributed by atoms with Crippen LogP contribution in [0.4, 0.5) is 9.18 Å². The molecule has 1 aliphatic rings. The molecule has 0 unspecified atom stereocenters. The van der Waals surface area contributed by atoms with Gasteiger partial charge in [-0.25, -0.2) is 23.8 Å². The zero-order chi connectivity index (χ0) is 24.1. The van der Waals surface area contributed by atoms with E-state index in [1.165, 1.54) is 41.4 Å². The largest absolute Gasteiger partial charge is 0.463 e. The third-order valence-corrected chi connectivity index (χ3v) is 5.08. The van der Waals surface area contributed by atoms with Gasteiger partial charge in [0.25, 0.3) is 0 Å². The average Bonchev–Trinajstić information content (AvgIpc) is 3.33. The first-order valence-corrected chi connectivity index (χ1v) is 10.5. The zero-order valence-corrected chi connectivity index (χ0v) is 18.2. The molecule has 2 amide bonds. The van der Waals surface area contributed by atoms with Crippen LogP contribution in [0.3, 0.4) is 0 Å². The average molecular weight is 464 g/mol. The predicted octanol–water partition coefficient (Wildman–Crippen LogP) is 3.04. The van der Waals surface area contributed by atoms with Crippen LogP contribution in [0.25, 0.3) is 5.69 Å². The Hall–Kier alpha value is -4.47. The van der Waals surface area contributed by atoms with Gasteiger partial charge in [-0.3, -0.25) is 4.57 Å². The van der Waals surface area contributed by atoms with E-state index in [-0.39, 0.29) is 23.6 Å². The number of aromatic nitrogens is 2. The molecule has 0 saturated carbocycles. The summed E-state index contributed by atoms with van der Waals surface area (Å²) in [5.74, 6) is -1.81. The Morgan fingerprint density at radius 2 is 1.79 bits per heavy atom. The molecule has 0 spiro atoms. The van der Waals surface area contributed by atoms with Crippen LogP contribution in [0, 0.1) is 5.82 Å². The minimum Gasteiger partial charge on any atom is -0.463 e. The van der Waals surface area contributed by atoms with E-state index in [1.54, 1.807) is 31.2 Å². The first-order chi connectivity index (χ1) is 16.5. The summed E-state index contributed by atoms with van der Waals surface area (Å²) in [5.41, 5.74) is 1.50. The maximum atomic E-state index is 13.3. The van der Waals surface area contributed by atoms with Gasteiger partial charge in [0.2, 0.25) is 0 Å². The molecular formula is C24H21FN4O5. The molecule has 1 atom stereocenters. The van der Waals surface area contributed by atoms with E-state index in [2.05, 4.69) is 15.6 Å². The molecule has 0 bridgehead atoms. The molecule has 1 aromatic heterocycles. The second-order valence-corrected chi connectivity index (χ2v) is 7.26. The summed E-state index contributed by atoms with van der Waals surface area (Å²) in [6.45, 7) is 1.40. The molecule has 0 radical (unpaired) electrons. The number of hydrogen-bond donors (Lipinski definition) is 2. The van der Waals surface area contributed by atoms with Gasteiger partial charge >= 0.3 is 18.0 Å². The van der Waals surface area contributed by atoms with Gasteiger partial charge in [-0.1, -0.05) is 30.3 Å². The molecular weight excluding hydrogens is 443 g/mol. The molecule has 4 rings (SSSR count). The Labute approximate surface area is 194 Å². The van der Waals surface area contributed by atoms with Crippen molar-refractivity contribution in [1.82, 2.24) is 20.2 Å². The van der Waals surface area contributed by atoms with E-state index in [4.69, 9.17) is 9.47 Å². The van der Waals surface area contributed by atoms with Crippen molar-refractivity contribution in [3.8, 4) is 5.69 Å². The SMILES string of the molecule is CCOC(=O)C1=C(COC(=O)c2cncn2-c2ccc(F)cc2)NC(=O)N[C@H]1c1ccccc1. The van der Waals surface area contributed by atoms with Crippen LogP contribution in [0.2, 0.25) is 0 Å². The van der Waals surface area contributed by atoms with Gasteiger partial charge in [-0.2, -0.15) is 0 Å². The van der Waals surface area contributed by atoms with Crippen LogP contribution in [0.5, 0.6) is 0 Å². The zero-order valence-electron chi connectivity index (χ0n) is 18.2. The number of nitrogens with zero attached hydrogens (tertiary/aromatic N) is 2. The number of amides is 2. The Bertz CT molecular complexity index is 1240. The highest BCUT2D eigenvalue weighted by atomic mass is 19.1. The Balaban J connectivity index is 1.61. The maximum Gasteiger partial charge on any atom is 0.357 e. The normalized spacial score (nSPS) is 15.4. The van der Waals surface area contributed by atoms with Gasteiger partial charge in [0.15, 0.2) is 5.69 Å². The number of urea groups is 1. The van der Waals surface area contributed by atoms with E-state index < -0.39 is 36.4 Å². The van der Waals surface area contributed by atoms with Gasteiger partial charge < -0.3 is 20.1 Å². The molecule has 2 N–H and O–H groups in total. The topological polar surface area (TPSA) is 112 Å². The summed E-state index contributed by atoms with van der Waals surface area (Å²) in [5, 5.41) is 5.25. The highest BCUT2D eigenvalue weighted by Gasteiger charge is 2.34. The third-order valence-electron chi connectivity index (χ3n) is 5.08. The number of hydrogen-bond acceptors (Lipinski definition) is 6. The Morgan fingerprint density at radius 3 is 2.50 bits per heavy atom. The molecule has 10 heteroatoms. The van der Waals surface area contributed by atoms with Crippen LogP contribution >= 0.6 is 0 Å². The van der Waals surface area contributed by atoms with E-state index >= 15 is 0 Å². The molecule has 9 nitrogen and oxygen atoms in total. The monoisotopic (exact) mass is 464 g/mol. The molecule has 34 heavy (non-hydrogen) atoms. The fourth-order valence-electron chi connectivity index (χ4n) is 3.54. The standard InChI is InChI=1S/C24H21FN4O5/c1-2-33-23(31)20-18(27-24(32)28-21(20)15-6-4-3-5-7-15)13-34-22(30)19-12-26-14-29(19)17-10-8-16(25)9-11-17/h3-12,14,21H,2,13H2,1H3,(H2,27,28,32)/t21-/m0/s1. The summed E-state index contributed by atoms with van der Waals surface area (Å²) < 4.78 is 25.3. The van der Waals surface area contributed by atoms with E-state index in [9.17, 15) is 18.8 Å². The van der Waals surface area contributed by atoms with Crippen molar-refractivity contribution in [2.75, 3.05) is 13.2 Å². The lowest BCUT2D eigenvalue weighted by molar-refractivity contribution is -0.139. The molecule has 3 aromatic rings. The number of rotatable bonds is 7. The number of benzene rings is 2. The lowest BCUT2D eigenvalue weighted by atomic mass is 9.95. The van der Waals surface area contributed by atoms with Gasteiger partial charge in [-0.15, -0.1) is 0 Å². The van der Waals surface area contributed by atoms with Crippen molar-refractivity contribution in [3.63, 3.8) is 0 Å². The summed E-state index contributed by atoms with van der Waals surface area (Å²) in [7, 11) is 0. The number of halogens is 1. The number of nitrogens with one attached hydrogen (secondary N) is 2. The van der Waals surface area contributed by atoms with Crippen LogP contribution in [0.15, 0.2) is 78.4 Å². The van der Waals surface area contributed by atoms with E-state index in [0.29, 0.717) is 11.3 Å². The molecule has 0 fully saturated rings. The number of esters is 2. The van der Waals surface area contributed by atoms with Gasteiger partial charge in [0.1, 0.15) is 12.4 Å². The van der Waals surface area contributed by atoms with E-state index in [1.807, 2.05) is 6.07 Å². The van der Waals surface area contributed by atoms with Crippen molar-refractivity contribution >= 4 is 18.0 Å². The minimum absolute atomic E-state index is 0.0877. The van der Waals surface area contributed by atoms with Crippen LogP contribution < -0.4 is 10.6 Å². The summed E-state index contributed by atoms with van der Waals surface area (Å²) in [4.78, 5) is 41.9. The second-order valence-electron chi connectivity index (χ2n) is 7.26. The van der Waals surface area contributed by atoms with E-state index in [0.717, 1.165) is 0 Å². The highest BCUT2D eigenvalue weighted by molar-refractivity contribution is 5.95. The predicted molar refractivity (Wildman–Crippen MR) is 118 cm³/mol.